The first-order chi connectivity index (χ1) is 15.1. The number of carboxylic acid groups (broad SMARTS) is 3. The molecule has 0 atom stereocenters. The zero-order valence-corrected chi connectivity index (χ0v) is 16.4. The number of phenols is 3. The van der Waals surface area contributed by atoms with Crippen molar-refractivity contribution in [2.45, 2.75) is 12.8 Å². The molecule has 3 aromatic rings. The van der Waals surface area contributed by atoms with E-state index in [2.05, 4.69) is 0 Å². The summed E-state index contributed by atoms with van der Waals surface area (Å²) in [4.78, 5) is 34.1. The number of rotatable bonds is 7. The third-order valence-corrected chi connectivity index (χ3v) is 4.91. The van der Waals surface area contributed by atoms with Gasteiger partial charge in [0.1, 0.15) is 33.9 Å². The van der Waals surface area contributed by atoms with E-state index in [1.807, 2.05) is 0 Å². The molecule has 3 aromatic carbocycles. The van der Waals surface area contributed by atoms with Crippen LogP contribution in [0.25, 0.3) is 0 Å². The number of hydrogen-bond donors (Lipinski definition) is 6. The van der Waals surface area contributed by atoms with Crippen LogP contribution in [0.15, 0.2) is 48.5 Å². The smallest absolute Gasteiger partial charge is 0.339 e. The minimum Gasteiger partial charge on any atom is -0.507 e. The Balaban J connectivity index is 2.05. The Hall–Kier alpha value is -4.53. The fraction of sp³-hybridized carbons (Fsp3) is 0.0870. The van der Waals surface area contributed by atoms with Gasteiger partial charge >= 0.3 is 17.9 Å². The quantitative estimate of drug-likeness (QED) is 0.324. The number of aromatic hydroxyl groups is 3. The van der Waals surface area contributed by atoms with Crippen LogP contribution in [-0.2, 0) is 12.8 Å². The number of carboxylic acids is 3. The van der Waals surface area contributed by atoms with Gasteiger partial charge in [-0.25, -0.2) is 14.4 Å². The Bertz CT molecular complexity index is 1240. The van der Waals surface area contributed by atoms with Crippen LogP contribution in [0.5, 0.6) is 17.2 Å². The maximum Gasteiger partial charge on any atom is 0.339 e. The number of carbonyl (C=O) groups is 3. The Kier molecular flexibility index (Phi) is 6.01. The molecule has 32 heavy (non-hydrogen) atoms. The van der Waals surface area contributed by atoms with Crippen molar-refractivity contribution >= 4 is 17.9 Å². The van der Waals surface area contributed by atoms with Crippen LogP contribution in [0.2, 0.25) is 0 Å². The van der Waals surface area contributed by atoms with E-state index < -0.39 is 40.7 Å². The summed E-state index contributed by atoms with van der Waals surface area (Å²) in [6.07, 6.45) is -0.0574. The predicted molar refractivity (Wildman–Crippen MR) is 111 cm³/mol. The highest BCUT2D eigenvalue weighted by Gasteiger charge is 2.19. The first-order valence-electron chi connectivity index (χ1n) is 9.25. The first-order valence-corrected chi connectivity index (χ1v) is 9.25. The summed E-state index contributed by atoms with van der Waals surface area (Å²) in [5.41, 5.74) is 0.164. The molecule has 0 aliphatic heterocycles. The molecule has 0 aromatic heterocycles. The van der Waals surface area contributed by atoms with E-state index in [0.29, 0.717) is 11.1 Å². The predicted octanol–water partition coefficient (Wildman–Crippen LogP) is 3.08. The number of hydrogen-bond acceptors (Lipinski definition) is 6. The highest BCUT2D eigenvalue weighted by atomic mass is 16.4. The summed E-state index contributed by atoms with van der Waals surface area (Å²) in [6.45, 7) is 0. The normalized spacial score (nSPS) is 10.6. The molecule has 6 N–H and O–H groups in total. The molecular weight excluding hydrogens is 420 g/mol. The van der Waals surface area contributed by atoms with Crippen molar-refractivity contribution < 1.29 is 45.0 Å². The summed E-state index contributed by atoms with van der Waals surface area (Å²) in [6, 6.07) is 10.8. The molecule has 0 radical (unpaired) electrons. The van der Waals surface area contributed by atoms with Crippen molar-refractivity contribution in [3.8, 4) is 17.2 Å². The van der Waals surface area contributed by atoms with Gasteiger partial charge in [0.05, 0.1) is 0 Å². The third-order valence-electron chi connectivity index (χ3n) is 4.91. The molecule has 9 heteroatoms. The number of para-hydroxylation sites is 1. The molecule has 0 aliphatic carbocycles. The van der Waals surface area contributed by atoms with E-state index in [1.54, 1.807) is 0 Å². The molecule has 164 valence electrons. The van der Waals surface area contributed by atoms with Crippen LogP contribution < -0.4 is 0 Å². The van der Waals surface area contributed by atoms with Crippen molar-refractivity contribution in [2.24, 2.45) is 0 Å². The topological polar surface area (TPSA) is 173 Å². The third kappa shape index (κ3) is 4.46. The lowest BCUT2D eigenvalue weighted by atomic mass is 9.94. The molecular formula is C23H18O9. The van der Waals surface area contributed by atoms with E-state index >= 15 is 0 Å². The summed E-state index contributed by atoms with van der Waals surface area (Å²) in [7, 11) is 0. The van der Waals surface area contributed by atoms with Gasteiger partial charge in [-0.15, -0.1) is 0 Å². The molecule has 0 amide bonds. The van der Waals surface area contributed by atoms with E-state index in [1.165, 1.54) is 48.5 Å². The lowest BCUT2D eigenvalue weighted by molar-refractivity contribution is 0.0682. The lowest BCUT2D eigenvalue weighted by Crippen LogP contribution is -2.04. The zero-order chi connectivity index (χ0) is 23.6. The van der Waals surface area contributed by atoms with Crippen molar-refractivity contribution in [3.05, 3.63) is 87.5 Å². The van der Waals surface area contributed by atoms with Crippen molar-refractivity contribution in [3.63, 3.8) is 0 Å². The maximum atomic E-state index is 11.6. The highest BCUT2D eigenvalue weighted by molar-refractivity contribution is 5.93. The monoisotopic (exact) mass is 438 g/mol. The number of benzene rings is 3. The van der Waals surface area contributed by atoms with E-state index in [4.69, 9.17) is 5.11 Å². The molecule has 0 saturated carbocycles. The first kappa shape index (κ1) is 22.2. The molecule has 0 bridgehead atoms. The largest absolute Gasteiger partial charge is 0.507 e. The van der Waals surface area contributed by atoms with Crippen LogP contribution in [-0.4, -0.2) is 48.5 Å². The Morgan fingerprint density at radius 1 is 0.594 bits per heavy atom. The van der Waals surface area contributed by atoms with Crippen LogP contribution in [0.1, 0.15) is 53.3 Å². The lowest BCUT2D eigenvalue weighted by Gasteiger charge is -2.13. The van der Waals surface area contributed by atoms with Gasteiger partial charge in [0.25, 0.3) is 0 Å². The Labute approximate surface area is 181 Å². The van der Waals surface area contributed by atoms with E-state index in [-0.39, 0.29) is 35.1 Å². The molecule has 0 unspecified atom stereocenters. The minimum absolute atomic E-state index is 0.0925. The van der Waals surface area contributed by atoms with Gasteiger partial charge in [-0.1, -0.05) is 24.3 Å². The Morgan fingerprint density at radius 2 is 1.19 bits per heavy atom. The van der Waals surface area contributed by atoms with E-state index in [0.717, 1.165) is 0 Å². The number of aromatic carboxylic acids is 3. The van der Waals surface area contributed by atoms with Gasteiger partial charge in [-0.05, 0) is 52.9 Å². The average Bonchev–Trinajstić information content (AvgIpc) is 2.72. The van der Waals surface area contributed by atoms with Crippen LogP contribution in [0.4, 0.5) is 0 Å². The van der Waals surface area contributed by atoms with Gasteiger partial charge < -0.3 is 30.6 Å². The Morgan fingerprint density at radius 3 is 1.81 bits per heavy atom. The van der Waals surface area contributed by atoms with E-state index in [9.17, 15) is 39.9 Å². The van der Waals surface area contributed by atoms with Gasteiger partial charge in [-0.3, -0.25) is 0 Å². The fourth-order valence-corrected chi connectivity index (χ4v) is 3.37. The van der Waals surface area contributed by atoms with Crippen LogP contribution >= 0.6 is 0 Å². The highest BCUT2D eigenvalue weighted by Crippen LogP contribution is 2.32. The standard InChI is InChI=1S/C23H18O9/c24-18-5-4-11(8-16(18)22(29)30)6-12-7-14(20(26)17(9-12)23(31)32)10-13-2-1-3-15(19(13)25)21(27)28/h1-5,7-9,24-26H,6,10H2,(H,27,28)(H,29,30)(H,31,32). The summed E-state index contributed by atoms with van der Waals surface area (Å²) in [5, 5.41) is 58.2. The van der Waals surface area contributed by atoms with Crippen molar-refractivity contribution in [2.75, 3.05) is 0 Å². The maximum absolute atomic E-state index is 11.6. The summed E-state index contributed by atoms with van der Waals surface area (Å²) < 4.78 is 0. The molecule has 9 nitrogen and oxygen atoms in total. The molecule has 3 rings (SSSR count). The van der Waals surface area contributed by atoms with Crippen LogP contribution in [0, 0.1) is 0 Å². The van der Waals surface area contributed by atoms with Crippen LogP contribution in [0.3, 0.4) is 0 Å². The fourth-order valence-electron chi connectivity index (χ4n) is 3.37. The van der Waals surface area contributed by atoms with Gasteiger partial charge in [0.2, 0.25) is 0 Å². The van der Waals surface area contributed by atoms with Gasteiger partial charge in [-0.2, -0.15) is 0 Å². The average molecular weight is 438 g/mol. The van der Waals surface area contributed by atoms with Gasteiger partial charge in [0.15, 0.2) is 0 Å². The van der Waals surface area contributed by atoms with Crippen molar-refractivity contribution in [1.82, 2.24) is 0 Å². The van der Waals surface area contributed by atoms with Gasteiger partial charge in [0, 0.05) is 6.42 Å². The minimum atomic E-state index is -1.40. The van der Waals surface area contributed by atoms with Crippen molar-refractivity contribution in [1.29, 1.82) is 0 Å². The molecule has 0 aliphatic rings. The second-order valence-corrected chi connectivity index (χ2v) is 7.08. The summed E-state index contributed by atoms with van der Waals surface area (Å²) in [5.74, 6) is -5.49. The summed E-state index contributed by atoms with van der Waals surface area (Å²) >= 11 is 0. The molecule has 0 spiro atoms. The molecule has 0 heterocycles. The molecule has 0 saturated heterocycles. The zero-order valence-electron chi connectivity index (χ0n) is 16.4. The molecule has 0 fully saturated rings. The second-order valence-electron chi connectivity index (χ2n) is 7.08. The second kappa shape index (κ2) is 8.68. The SMILES string of the molecule is O=C(O)c1cc(Cc2cc(Cc3cccc(C(=O)O)c3O)c(O)c(C(=O)O)c2)ccc1O.